The summed E-state index contributed by atoms with van der Waals surface area (Å²) >= 11 is 0. The molecule has 2 atom stereocenters. The van der Waals surface area contributed by atoms with Crippen molar-refractivity contribution in [3.05, 3.63) is 71.8 Å². The van der Waals surface area contributed by atoms with E-state index in [-0.39, 0.29) is 12.5 Å². The number of aliphatic hydroxyl groups is 1. The second-order valence-electron chi connectivity index (χ2n) is 5.78. The third kappa shape index (κ3) is 4.42. The zero-order chi connectivity index (χ0) is 15.1. The number of rotatable bonds is 7. The van der Waals surface area contributed by atoms with Crippen LogP contribution in [0, 0.1) is 5.92 Å². The highest BCUT2D eigenvalue weighted by atomic mass is 16.3. The molecule has 0 bridgehead atoms. The maximum absolute atomic E-state index is 9.18. The molecule has 2 nitrogen and oxygen atoms in total. The smallest absolute Gasteiger partial charge is 0.0468 e. The Morgan fingerprint density at radius 1 is 0.857 bits per heavy atom. The molecule has 2 heteroatoms. The first-order valence-electron chi connectivity index (χ1n) is 7.66. The van der Waals surface area contributed by atoms with Crippen molar-refractivity contribution in [2.24, 2.45) is 5.92 Å². The van der Waals surface area contributed by atoms with Crippen LogP contribution in [0.15, 0.2) is 60.7 Å². The molecule has 2 rings (SSSR count). The minimum atomic E-state index is 0.223. The van der Waals surface area contributed by atoms with Gasteiger partial charge in [0.2, 0.25) is 0 Å². The van der Waals surface area contributed by atoms with Gasteiger partial charge in [0, 0.05) is 25.1 Å². The van der Waals surface area contributed by atoms with E-state index in [1.807, 2.05) is 0 Å². The van der Waals surface area contributed by atoms with E-state index in [9.17, 15) is 5.11 Å². The number of aliphatic hydroxyl groups excluding tert-OH is 1. The number of benzene rings is 2. The van der Waals surface area contributed by atoms with Crippen LogP contribution >= 0.6 is 0 Å². The van der Waals surface area contributed by atoms with Gasteiger partial charge in [-0.25, -0.2) is 0 Å². The Hall–Kier alpha value is -1.64. The fourth-order valence-electron chi connectivity index (χ4n) is 2.66. The minimum absolute atomic E-state index is 0.223. The van der Waals surface area contributed by atoms with Crippen molar-refractivity contribution in [1.82, 2.24) is 5.32 Å². The van der Waals surface area contributed by atoms with E-state index in [1.54, 1.807) is 0 Å². The Bertz CT molecular complexity index is 472. The van der Waals surface area contributed by atoms with E-state index in [0.29, 0.717) is 12.0 Å². The SMILES string of the molecule is CC(CO)CNC(C)C(c1ccccc1)c1ccccc1. The van der Waals surface area contributed by atoms with Gasteiger partial charge in [-0.05, 0) is 24.0 Å². The first-order chi connectivity index (χ1) is 10.2. The van der Waals surface area contributed by atoms with Crippen molar-refractivity contribution < 1.29 is 5.11 Å². The first kappa shape index (κ1) is 15.7. The van der Waals surface area contributed by atoms with Crippen molar-refractivity contribution in [2.75, 3.05) is 13.2 Å². The van der Waals surface area contributed by atoms with Gasteiger partial charge in [-0.1, -0.05) is 67.6 Å². The molecule has 112 valence electrons. The molecule has 0 heterocycles. The van der Waals surface area contributed by atoms with Gasteiger partial charge in [0.1, 0.15) is 0 Å². The monoisotopic (exact) mass is 283 g/mol. The van der Waals surface area contributed by atoms with Crippen molar-refractivity contribution in [2.45, 2.75) is 25.8 Å². The lowest BCUT2D eigenvalue weighted by Gasteiger charge is -2.27. The van der Waals surface area contributed by atoms with Gasteiger partial charge in [-0.2, -0.15) is 0 Å². The summed E-state index contributed by atoms with van der Waals surface area (Å²) in [6.07, 6.45) is 0. The van der Waals surface area contributed by atoms with Crippen LogP contribution in [0.5, 0.6) is 0 Å². The van der Waals surface area contributed by atoms with Gasteiger partial charge < -0.3 is 10.4 Å². The summed E-state index contributed by atoms with van der Waals surface area (Å²) in [5, 5.41) is 12.8. The molecule has 0 aliphatic rings. The van der Waals surface area contributed by atoms with E-state index in [2.05, 4.69) is 79.8 Å². The fourth-order valence-corrected chi connectivity index (χ4v) is 2.66. The number of hydrogen-bond donors (Lipinski definition) is 2. The Labute approximate surface area is 127 Å². The van der Waals surface area contributed by atoms with Crippen LogP contribution in [-0.4, -0.2) is 24.3 Å². The summed E-state index contributed by atoms with van der Waals surface area (Å²) in [5.74, 6) is 0.595. The molecule has 0 spiro atoms. The number of nitrogens with one attached hydrogen (secondary N) is 1. The summed E-state index contributed by atoms with van der Waals surface area (Å²) < 4.78 is 0. The van der Waals surface area contributed by atoms with Gasteiger partial charge in [0.05, 0.1) is 0 Å². The lowest BCUT2D eigenvalue weighted by Crippen LogP contribution is -2.36. The maximum atomic E-state index is 9.18. The predicted octanol–water partition coefficient (Wildman–Crippen LogP) is 3.43. The van der Waals surface area contributed by atoms with Crippen molar-refractivity contribution in [3.63, 3.8) is 0 Å². The molecular formula is C19H25NO. The molecule has 0 radical (unpaired) electrons. The van der Waals surface area contributed by atoms with E-state index >= 15 is 0 Å². The molecule has 21 heavy (non-hydrogen) atoms. The van der Waals surface area contributed by atoms with Gasteiger partial charge in [0.25, 0.3) is 0 Å². The van der Waals surface area contributed by atoms with Gasteiger partial charge >= 0.3 is 0 Å². The molecule has 0 saturated carbocycles. The van der Waals surface area contributed by atoms with Crippen LogP contribution in [-0.2, 0) is 0 Å². The highest BCUT2D eigenvalue weighted by molar-refractivity contribution is 5.34. The minimum Gasteiger partial charge on any atom is -0.396 e. The largest absolute Gasteiger partial charge is 0.396 e. The highest BCUT2D eigenvalue weighted by Gasteiger charge is 2.21. The molecule has 2 unspecified atom stereocenters. The van der Waals surface area contributed by atoms with E-state index in [0.717, 1.165) is 6.54 Å². The van der Waals surface area contributed by atoms with Crippen LogP contribution in [0.1, 0.15) is 30.9 Å². The normalized spacial score (nSPS) is 14.1. The number of hydrogen-bond acceptors (Lipinski definition) is 2. The maximum Gasteiger partial charge on any atom is 0.0468 e. The zero-order valence-electron chi connectivity index (χ0n) is 12.9. The van der Waals surface area contributed by atoms with Crippen LogP contribution in [0.3, 0.4) is 0 Å². The molecule has 0 aliphatic carbocycles. The fraction of sp³-hybridized carbons (Fsp3) is 0.368. The molecule has 2 aromatic rings. The van der Waals surface area contributed by atoms with Crippen LogP contribution < -0.4 is 5.32 Å². The Morgan fingerprint density at radius 3 is 1.76 bits per heavy atom. The van der Waals surface area contributed by atoms with E-state index < -0.39 is 0 Å². The molecule has 0 aliphatic heterocycles. The molecule has 0 fully saturated rings. The lowest BCUT2D eigenvalue weighted by molar-refractivity contribution is 0.229. The van der Waals surface area contributed by atoms with Crippen molar-refractivity contribution in [3.8, 4) is 0 Å². The van der Waals surface area contributed by atoms with Gasteiger partial charge in [-0.3, -0.25) is 0 Å². The average molecular weight is 283 g/mol. The molecule has 2 N–H and O–H groups in total. The van der Waals surface area contributed by atoms with Crippen LogP contribution in [0.25, 0.3) is 0 Å². The predicted molar refractivity (Wildman–Crippen MR) is 88.4 cm³/mol. The first-order valence-corrected chi connectivity index (χ1v) is 7.66. The third-order valence-electron chi connectivity index (χ3n) is 3.92. The molecule has 2 aromatic carbocycles. The Kier molecular flexibility index (Phi) is 5.97. The quantitative estimate of drug-likeness (QED) is 0.816. The Balaban J connectivity index is 2.20. The lowest BCUT2D eigenvalue weighted by atomic mass is 9.85. The molecule has 0 aromatic heterocycles. The summed E-state index contributed by atoms with van der Waals surface area (Å²) in [6.45, 7) is 5.32. The molecule has 0 amide bonds. The summed E-state index contributed by atoms with van der Waals surface area (Å²) in [4.78, 5) is 0. The third-order valence-corrected chi connectivity index (χ3v) is 3.92. The Morgan fingerprint density at radius 2 is 1.33 bits per heavy atom. The van der Waals surface area contributed by atoms with Crippen LogP contribution in [0.4, 0.5) is 0 Å². The van der Waals surface area contributed by atoms with Crippen LogP contribution in [0.2, 0.25) is 0 Å². The second-order valence-corrected chi connectivity index (χ2v) is 5.78. The standard InChI is InChI=1S/C19H25NO/c1-15(14-21)13-20-16(2)19(17-9-5-3-6-10-17)18-11-7-4-8-12-18/h3-12,15-16,19-21H,13-14H2,1-2H3. The van der Waals surface area contributed by atoms with Crippen molar-refractivity contribution >= 4 is 0 Å². The topological polar surface area (TPSA) is 32.3 Å². The second kappa shape index (κ2) is 7.96. The highest BCUT2D eigenvalue weighted by Crippen LogP contribution is 2.27. The van der Waals surface area contributed by atoms with E-state index in [1.165, 1.54) is 11.1 Å². The van der Waals surface area contributed by atoms with Gasteiger partial charge in [-0.15, -0.1) is 0 Å². The van der Waals surface area contributed by atoms with Gasteiger partial charge in [0.15, 0.2) is 0 Å². The molecule has 0 saturated heterocycles. The molecular weight excluding hydrogens is 258 g/mol. The van der Waals surface area contributed by atoms with E-state index in [4.69, 9.17) is 0 Å². The zero-order valence-corrected chi connectivity index (χ0v) is 12.9. The summed E-state index contributed by atoms with van der Waals surface area (Å²) in [7, 11) is 0. The summed E-state index contributed by atoms with van der Waals surface area (Å²) in [6, 6.07) is 21.5. The average Bonchev–Trinajstić information content (AvgIpc) is 2.55. The van der Waals surface area contributed by atoms with Crippen molar-refractivity contribution in [1.29, 1.82) is 0 Å². The summed E-state index contributed by atoms with van der Waals surface area (Å²) in [5.41, 5.74) is 2.64.